The average Bonchev–Trinajstić information content (AvgIpc) is 3.24. The van der Waals surface area contributed by atoms with Gasteiger partial charge in [0.1, 0.15) is 5.02 Å². The lowest BCUT2D eigenvalue weighted by atomic mass is 10.5. The van der Waals surface area contributed by atoms with E-state index in [0.29, 0.717) is 5.69 Å². The summed E-state index contributed by atoms with van der Waals surface area (Å²) in [5.74, 6) is 0.238. The zero-order valence-corrected chi connectivity index (χ0v) is 14.8. The summed E-state index contributed by atoms with van der Waals surface area (Å²) in [6.45, 7) is 3.23. The summed E-state index contributed by atoms with van der Waals surface area (Å²) >= 11 is 11.8. The van der Waals surface area contributed by atoms with Crippen molar-refractivity contribution >= 4 is 44.5 Å². The van der Waals surface area contributed by atoms with E-state index in [1.54, 1.807) is 24.7 Å². The number of nitrogens with one attached hydrogen (secondary N) is 1. The summed E-state index contributed by atoms with van der Waals surface area (Å²) in [6.07, 6.45) is 4.99. The molecule has 2 heterocycles. The van der Waals surface area contributed by atoms with Crippen molar-refractivity contribution in [2.75, 3.05) is 5.32 Å². The van der Waals surface area contributed by atoms with Gasteiger partial charge in [-0.1, -0.05) is 11.6 Å². The Labute approximate surface area is 144 Å². The first-order chi connectivity index (χ1) is 10.8. The molecule has 0 radical (unpaired) electrons. The lowest BCUT2D eigenvalue weighted by molar-refractivity contribution is 0.571. The molecule has 0 saturated heterocycles. The largest absolute Gasteiger partial charge is 0.335 e. The number of rotatable bonds is 5. The van der Waals surface area contributed by atoms with Crippen molar-refractivity contribution < 1.29 is 8.42 Å². The lowest BCUT2D eigenvalue weighted by Gasteiger charge is -2.09. The van der Waals surface area contributed by atoms with Crippen LogP contribution in [0.15, 0.2) is 17.4 Å². The van der Waals surface area contributed by atoms with Gasteiger partial charge in [0.05, 0.1) is 29.4 Å². The van der Waals surface area contributed by atoms with Crippen LogP contribution < -0.4 is 5.32 Å². The molecule has 3 rings (SSSR count). The van der Waals surface area contributed by atoms with E-state index < -0.39 is 15.1 Å². The maximum absolute atomic E-state index is 12.5. The van der Waals surface area contributed by atoms with Crippen LogP contribution in [-0.4, -0.2) is 33.4 Å². The molecule has 1 aliphatic carbocycles. The van der Waals surface area contributed by atoms with Gasteiger partial charge in [-0.15, -0.1) is 0 Å². The van der Waals surface area contributed by atoms with E-state index in [9.17, 15) is 8.42 Å². The summed E-state index contributed by atoms with van der Waals surface area (Å²) in [5, 5.41) is 6.83. The second kappa shape index (κ2) is 5.92. The highest BCUT2D eigenvalue weighted by Crippen LogP contribution is 2.37. The van der Waals surface area contributed by atoms with Crippen molar-refractivity contribution in [2.24, 2.45) is 0 Å². The number of aromatic nitrogens is 4. The van der Waals surface area contributed by atoms with Crippen LogP contribution in [0, 0.1) is 0 Å². The molecule has 1 saturated carbocycles. The molecule has 2 aromatic rings. The van der Waals surface area contributed by atoms with Crippen LogP contribution in [0.25, 0.3) is 0 Å². The molecule has 0 aromatic carbocycles. The zero-order valence-electron chi connectivity index (χ0n) is 12.5. The van der Waals surface area contributed by atoms with Gasteiger partial charge in [0.15, 0.2) is 5.82 Å². The Balaban J connectivity index is 2.05. The standard InChI is InChI=1S/C13H15Cl2N5O2S/c1-7(2)23(21,22)12-10(6-20(19-12)8-3-4-8)17-11-9(14)5-16-13(15)18-11/h5-8H,3-4H2,1-2H3,(H,16,17,18). The maximum atomic E-state index is 12.5. The first-order valence-electron chi connectivity index (χ1n) is 7.07. The minimum atomic E-state index is -3.55. The number of nitrogens with zero attached hydrogens (tertiary/aromatic N) is 4. The van der Waals surface area contributed by atoms with Gasteiger partial charge in [-0.25, -0.2) is 13.4 Å². The van der Waals surface area contributed by atoms with E-state index in [-0.39, 0.29) is 27.2 Å². The molecular weight excluding hydrogens is 361 g/mol. The molecule has 0 unspecified atom stereocenters. The summed E-state index contributed by atoms with van der Waals surface area (Å²) in [5.41, 5.74) is 0.335. The molecule has 1 N–H and O–H groups in total. The molecule has 0 aliphatic heterocycles. The summed E-state index contributed by atoms with van der Waals surface area (Å²) < 4.78 is 26.8. The Bertz CT molecular complexity index is 846. The van der Waals surface area contributed by atoms with Gasteiger partial charge in [-0.2, -0.15) is 10.1 Å². The predicted molar refractivity (Wildman–Crippen MR) is 88.2 cm³/mol. The van der Waals surface area contributed by atoms with Crippen molar-refractivity contribution in [3.63, 3.8) is 0 Å². The van der Waals surface area contributed by atoms with Crippen molar-refractivity contribution in [1.29, 1.82) is 0 Å². The first kappa shape index (κ1) is 16.5. The Morgan fingerprint density at radius 2 is 2.04 bits per heavy atom. The predicted octanol–water partition coefficient (Wildman–Crippen LogP) is 3.24. The molecule has 23 heavy (non-hydrogen) atoms. The molecule has 7 nitrogen and oxygen atoms in total. The van der Waals surface area contributed by atoms with Crippen molar-refractivity contribution in [3.8, 4) is 0 Å². The summed E-state index contributed by atoms with van der Waals surface area (Å²) in [6, 6.07) is 0.246. The van der Waals surface area contributed by atoms with E-state index in [1.165, 1.54) is 6.20 Å². The van der Waals surface area contributed by atoms with Crippen molar-refractivity contribution in [1.82, 2.24) is 19.7 Å². The maximum Gasteiger partial charge on any atom is 0.224 e. The molecule has 1 aliphatic rings. The van der Waals surface area contributed by atoms with E-state index >= 15 is 0 Å². The molecule has 124 valence electrons. The first-order valence-corrected chi connectivity index (χ1v) is 9.37. The van der Waals surface area contributed by atoms with Crippen LogP contribution in [0.4, 0.5) is 11.5 Å². The number of hydrogen-bond acceptors (Lipinski definition) is 6. The SMILES string of the molecule is CC(C)S(=O)(=O)c1nn(C2CC2)cc1Nc1nc(Cl)ncc1Cl. The number of halogens is 2. The highest BCUT2D eigenvalue weighted by atomic mass is 35.5. The Morgan fingerprint density at radius 3 is 2.65 bits per heavy atom. The monoisotopic (exact) mass is 375 g/mol. The van der Waals surface area contributed by atoms with Gasteiger partial charge in [-0.05, 0) is 38.3 Å². The molecule has 0 bridgehead atoms. The molecule has 0 atom stereocenters. The van der Waals surface area contributed by atoms with Crippen LogP contribution in [0.2, 0.25) is 10.3 Å². The van der Waals surface area contributed by atoms with Gasteiger partial charge in [0.2, 0.25) is 20.1 Å². The van der Waals surface area contributed by atoms with Gasteiger partial charge in [0, 0.05) is 0 Å². The third-order valence-electron chi connectivity index (χ3n) is 3.48. The van der Waals surface area contributed by atoms with Crippen LogP contribution >= 0.6 is 23.2 Å². The number of hydrogen-bond donors (Lipinski definition) is 1. The van der Waals surface area contributed by atoms with Crippen LogP contribution in [0.1, 0.15) is 32.7 Å². The Kier molecular flexibility index (Phi) is 4.24. The molecule has 1 fully saturated rings. The fraction of sp³-hybridized carbons (Fsp3) is 0.462. The Hall–Kier alpha value is -1.38. The van der Waals surface area contributed by atoms with Crippen LogP contribution in [0.5, 0.6) is 0 Å². The smallest absolute Gasteiger partial charge is 0.224 e. The van der Waals surface area contributed by atoms with E-state index in [4.69, 9.17) is 23.2 Å². The third kappa shape index (κ3) is 3.29. The highest BCUT2D eigenvalue weighted by molar-refractivity contribution is 7.92. The van der Waals surface area contributed by atoms with Gasteiger partial charge in [0.25, 0.3) is 0 Å². The van der Waals surface area contributed by atoms with Crippen molar-refractivity contribution in [2.45, 2.75) is 43.0 Å². The number of anilines is 2. The minimum Gasteiger partial charge on any atom is -0.335 e. The summed E-state index contributed by atoms with van der Waals surface area (Å²) in [7, 11) is -3.55. The van der Waals surface area contributed by atoms with E-state index in [0.717, 1.165) is 12.8 Å². The van der Waals surface area contributed by atoms with Gasteiger partial charge < -0.3 is 5.32 Å². The lowest BCUT2D eigenvalue weighted by Crippen LogP contribution is -2.16. The van der Waals surface area contributed by atoms with E-state index in [1.807, 2.05) is 0 Å². The molecule has 0 amide bonds. The second-order valence-corrected chi connectivity index (χ2v) is 8.78. The zero-order chi connectivity index (χ0) is 16.8. The summed E-state index contributed by atoms with van der Waals surface area (Å²) in [4.78, 5) is 7.75. The van der Waals surface area contributed by atoms with Crippen LogP contribution in [0.3, 0.4) is 0 Å². The molecule has 2 aromatic heterocycles. The van der Waals surface area contributed by atoms with Gasteiger partial charge >= 0.3 is 0 Å². The fourth-order valence-corrected chi connectivity index (χ4v) is 3.32. The highest BCUT2D eigenvalue weighted by Gasteiger charge is 2.31. The Morgan fingerprint density at radius 1 is 1.35 bits per heavy atom. The number of sulfone groups is 1. The molecule has 0 spiro atoms. The van der Waals surface area contributed by atoms with E-state index in [2.05, 4.69) is 20.4 Å². The van der Waals surface area contributed by atoms with Crippen molar-refractivity contribution in [3.05, 3.63) is 22.7 Å². The normalized spacial score (nSPS) is 15.2. The average molecular weight is 376 g/mol. The fourth-order valence-electron chi connectivity index (χ4n) is 1.98. The molecular formula is C13H15Cl2N5O2S. The third-order valence-corrected chi connectivity index (χ3v) is 6.02. The van der Waals surface area contributed by atoms with Gasteiger partial charge in [-0.3, -0.25) is 4.68 Å². The second-order valence-electron chi connectivity index (χ2n) is 5.61. The minimum absolute atomic E-state index is 0.00907. The van der Waals surface area contributed by atoms with Crippen LogP contribution in [-0.2, 0) is 9.84 Å². The topological polar surface area (TPSA) is 89.8 Å². The molecule has 10 heteroatoms. The quantitative estimate of drug-likeness (QED) is 0.806.